The van der Waals surface area contributed by atoms with Gasteiger partial charge in [0.1, 0.15) is 22.6 Å². The van der Waals surface area contributed by atoms with Crippen molar-refractivity contribution in [1.82, 2.24) is 19.3 Å². The van der Waals surface area contributed by atoms with Crippen LogP contribution in [-0.2, 0) is 17.1 Å². The summed E-state index contributed by atoms with van der Waals surface area (Å²) in [7, 11) is -2.19. The molecule has 0 saturated heterocycles. The number of nitrogens with one attached hydrogen (secondary N) is 1. The number of imidazole rings is 1. The molecular formula is C21H19FN4O2S. The van der Waals surface area contributed by atoms with Crippen molar-refractivity contribution < 1.29 is 12.8 Å². The largest absolute Gasteiger partial charge is 0.336 e. The predicted molar refractivity (Wildman–Crippen MR) is 108 cm³/mol. The van der Waals surface area contributed by atoms with Gasteiger partial charge in [-0.2, -0.15) is 4.72 Å². The molecule has 8 heteroatoms. The van der Waals surface area contributed by atoms with Crippen molar-refractivity contribution in [3.8, 4) is 0 Å². The predicted octanol–water partition coefficient (Wildman–Crippen LogP) is 3.48. The van der Waals surface area contributed by atoms with Gasteiger partial charge < -0.3 is 4.57 Å². The van der Waals surface area contributed by atoms with E-state index >= 15 is 0 Å². The number of aryl methyl sites for hydroxylation is 2. The minimum absolute atomic E-state index is 0.0799. The van der Waals surface area contributed by atoms with Crippen LogP contribution >= 0.6 is 0 Å². The Morgan fingerprint density at radius 3 is 2.55 bits per heavy atom. The third kappa shape index (κ3) is 3.76. The zero-order valence-electron chi connectivity index (χ0n) is 15.9. The summed E-state index contributed by atoms with van der Waals surface area (Å²) in [5.41, 5.74) is 1.91. The Labute approximate surface area is 168 Å². The van der Waals surface area contributed by atoms with Gasteiger partial charge in [-0.3, -0.25) is 4.98 Å². The third-order valence-corrected chi connectivity index (χ3v) is 6.15. The highest BCUT2D eigenvalue weighted by atomic mass is 32.2. The molecule has 1 atom stereocenters. The Morgan fingerprint density at radius 2 is 1.86 bits per heavy atom. The lowest BCUT2D eigenvalue weighted by Crippen LogP contribution is -2.31. The Morgan fingerprint density at radius 1 is 1.10 bits per heavy atom. The van der Waals surface area contributed by atoms with Crippen LogP contribution in [0, 0.1) is 12.7 Å². The summed E-state index contributed by atoms with van der Waals surface area (Å²) in [6.45, 7) is 1.90. The number of benzene rings is 2. The van der Waals surface area contributed by atoms with Gasteiger partial charge in [0.25, 0.3) is 0 Å². The molecule has 0 aliphatic rings. The van der Waals surface area contributed by atoms with Crippen molar-refractivity contribution in [3.63, 3.8) is 0 Å². The summed E-state index contributed by atoms with van der Waals surface area (Å²) in [6.07, 6.45) is 4.95. The van der Waals surface area contributed by atoms with E-state index in [1.54, 1.807) is 48.4 Å². The van der Waals surface area contributed by atoms with Crippen LogP contribution in [0.1, 0.15) is 23.0 Å². The van der Waals surface area contributed by atoms with Crippen LogP contribution in [0.3, 0.4) is 0 Å². The van der Waals surface area contributed by atoms with Gasteiger partial charge in [0, 0.05) is 31.0 Å². The first-order valence-electron chi connectivity index (χ1n) is 8.95. The number of fused-ring (bicyclic) bond motifs is 1. The molecule has 29 heavy (non-hydrogen) atoms. The smallest absolute Gasteiger partial charge is 0.243 e. The molecule has 0 fully saturated rings. The fraction of sp³-hybridized carbons (Fsp3) is 0.143. The number of hydrogen-bond acceptors (Lipinski definition) is 4. The fourth-order valence-corrected chi connectivity index (χ4v) is 4.62. The molecule has 0 bridgehead atoms. The van der Waals surface area contributed by atoms with E-state index in [9.17, 15) is 12.8 Å². The lowest BCUT2D eigenvalue weighted by molar-refractivity contribution is 0.563. The number of para-hydroxylation sites is 1. The molecule has 1 unspecified atom stereocenters. The lowest BCUT2D eigenvalue weighted by atomic mass is 10.1. The van der Waals surface area contributed by atoms with Gasteiger partial charge in [0.05, 0.1) is 5.52 Å². The monoisotopic (exact) mass is 410 g/mol. The molecule has 2 aromatic heterocycles. The summed E-state index contributed by atoms with van der Waals surface area (Å²) < 4.78 is 44.5. The number of halogens is 1. The highest BCUT2D eigenvalue weighted by molar-refractivity contribution is 7.89. The Bertz CT molecular complexity index is 1280. The van der Waals surface area contributed by atoms with Gasteiger partial charge in [0.15, 0.2) is 0 Å². The number of rotatable bonds is 5. The molecule has 6 nitrogen and oxygen atoms in total. The Kier molecular flexibility index (Phi) is 4.89. The first-order chi connectivity index (χ1) is 13.8. The van der Waals surface area contributed by atoms with Crippen molar-refractivity contribution in [3.05, 3.63) is 89.9 Å². The molecule has 4 aromatic rings. The average Bonchev–Trinajstić information content (AvgIpc) is 3.12. The first-order valence-corrected chi connectivity index (χ1v) is 10.4. The Hall–Kier alpha value is -3.10. The minimum Gasteiger partial charge on any atom is -0.336 e. The maximum Gasteiger partial charge on any atom is 0.243 e. The second-order valence-electron chi connectivity index (χ2n) is 6.84. The van der Waals surface area contributed by atoms with E-state index in [1.807, 2.05) is 19.1 Å². The molecule has 0 amide bonds. The highest BCUT2D eigenvalue weighted by Crippen LogP contribution is 2.27. The molecule has 0 aliphatic carbocycles. The quantitative estimate of drug-likeness (QED) is 0.546. The average molecular weight is 410 g/mol. The van der Waals surface area contributed by atoms with E-state index in [2.05, 4.69) is 14.7 Å². The Balaban J connectivity index is 1.82. The molecule has 2 aromatic carbocycles. The van der Waals surface area contributed by atoms with Crippen molar-refractivity contribution in [2.45, 2.75) is 17.9 Å². The molecule has 0 aliphatic heterocycles. The summed E-state index contributed by atoms with van der Waals surface area (Å²) in [5.74, 6) is 0.0908. The van der Waals surface area contributed by atoms with Crippen molar-refractivity contribution in [2.24, 2.45) is 7.05 Å². The van der Waals surface area contributed by atoms with Gasteiger partial charge in [-0.05, 0) is 42.3 Å². The highest BCUT2D eigenvalue weighted by Gasteiger charge is 2.27. The molecule has 0 spiro atoms. The number of aromatic nitrogens is 3. The SMILES string of the molecule is Cc1cnc2c(S(=O)(=O)NC(c3ccc(F)cc3)c3nccn3C)cccc2c1. The summed E-state index contributed by atoms with van der Waals surface area (Å²) in [6, 6.07) is 11.8. The number of hydrogen-bond donors (Lipinski definition) is 1. The van der Waals surface area contributed by atoms with Crippen LogP contribution in [0.25, 0.3) is 10.9 Å². The van der Waals surface area contributed by atoms with Crippen LogP contribution in [-0.4, -0.2) is 23.0 Å². The van der Waals surface area contributed by atoms with Crippen LogP contribution in [0.4, 0.5) is 4.39 Å². The van der Waals surface area contributed by atoms with Gasteiger partial charge in [-0.25, -0.2) is 17.8 Å². The van der Waals surface area contributed by atoms with Crippen LogP contribution < -0.4 is 4.72 Å². The molecule has 0 saturated carbocycles. The standard InChI is InChI=1S/C21H19FN4O2S/c1-14-12-16-4-3-5-18(19(16)24-13-14)29(27,28)25-20(21-23-10-11-26(21)2)15-6-8-17(22)9-7-15/h3-13,20,25H,1-2H3. The van der Waals surface area contributed by atoms with Gasteiger partial charge >= 0.3 is 0 Å². The van der Waals surface area contributed by atoms with Crippen molar-refractivity contribution >= 4 is 20.9 Å². The maximum absolute atomic E-state index is 13.4. The van der Waals surface area contributed by atoms with Crippen molar-refractivity contribution in [2.75, 3.05) is 0 Å². The van der Waals surface area contributed by atoms with E-state index in [0.717, 1.165) is 10.9 Å². The van der Waals surface area contributed by atoms with E-state index < -0.39 is 21.9 Å². The van der Waals surface area contributed by atoms with Gasteiger partial charge in [-0.15, -0.1) is 0 Å². The van der Waals surface area contributed by atoms with E-state index in [4.69, 9.17) is 0 Å². The number of nitrogens with zero attached hydrogens (tertiary/aromatic N) is 3. The van der Waals surface area contributed by atoms with Crippen LogP contribution in [0.15, 0.2) is 72.0 Å². The fourth-order valence-electron chi connectivity index (χ4n) is 3.26. The van der Waals surface area contributed by atoms with E-state index in [1.165, 1.54) is 18.2 Å². The topological polar surface area (TPSA) is 76.9 Å². The molecule has 0 radical (unpaired) electrons. The summed E-state index contributed by atoms with van der Waals surface area (Å²) in [5, 5.41) is 0.739. The van der Waals surface area contributed by atoms with E-state index in [-0.39, 0.29) is 4.90 Å². The molecular weight excluding hydrogens is 391 g/mol. The second kappa shape index (κ2) is 7.38. The maximum atomic E-state index is 13.4. The second-order valence-corrected chi connectivity index (χ2v) is 8.53. The van der Waals surface area contributed by atoms with E-state index in [0.29, 0.717) is 16.9 Å². The summed E-state index contributed by atoms with van der Waals surface area (Å²) >= 11 is 0. The summed E-state index contributed by atoms with van der Waals surface area (Å²) in [4.78, 5) is 8.70. The molecule has 1 N–H and O–H groups in total. The van der Waals surface area contributed by atoms with Crippen LogP contribution in [0.5, 0.6) is 0 Å². The zero-order valence-corrected chi connectivity index (χ0v) is 16.7. The van der Waals surface area contributed by atoms with Gasteiger partial charge in [0.2, 0.25) is 10.0 Å². The normalized spacial score (nSPS) is 12.9. The lowest BCUT2D eigenvalue weighted by Gasteiger charge is -2.20. The number of sulfonamides is 1. The van der Waals surface area contributed by atoms with Gasteiger partial charge in [-0.1, -0.05) is 24.3 Å². The molecule has 4 rings (SSSR count). The number of pyridine rings is 1. The minimum atomic E-state index is -3.96. The third-order valence-electron chi connectivity index (χ3n) is 4.69. The molecule has 2 heterocycles. The first kappa shape index (κ1) is 19.2. The van der Waals surface area contributed by atoms with Crippen molar-refractivity contribution in [1.29, 1.82) is 0 Å². The zero-order chi connectivity index (χ0) is 20.6. The van der Waals surface area contributed by atoms with Crippen LogP contribution in [0.2, 0.25) is 0 Å². The molecule has 148 valence electrons.